The molecule has 0 radical (unpaired) electrons. The average Bonchev–Trinajstić information content (AvgIpc) is 2.58. The predicted octanol–water partition coefficient (Wildman–Crippen LogP) is 4.16. The molecule has 1 nitrogen and oxygen atoms in total. The first-order valence-corrected chi connectivity index (χ1v) is 7.14. The first kappa shape index (κ1) is 12.5. The zero-order valence-electron chi connectivity index (χ0n) is 9.47. The second-order valence-corrected chi connectivity index (χ2v) is 5.44. The molecule has 14 heavy (non-hydrogen) atoms. The summed E-state index contributed by atoms with van der Waals surface area (Å²) in [4.78, 5) is 3.26. The minimum atomic E-state index is 0.679. The molecule has 0 aromatic rings. The minimum absolute atomic E-state index is 0.679. The van der Waals surface area contributed by atoms with E-state index in [0.29, 0.717) is 4.95 Å². The second kappa shape index (κ2) is 7.70. The molecule has 1 fully saturated rings. The van der Waals surface area contributed by atoms with Crippen molar-refractivity contribution in [2.75, 3.05) is 13.1 Å². The fraction of sp³-hybridized carbons (Fsp3) is 1.00. The van der Waals surface area contributed by atoms with Gasteiger partial charge in [-0.3, -0.25) is 4.90 Å². The van der Waals surface area contributed by atoms with Gasteiger partial charge >= 0.3 is 0 Å². The molecule has 1 aliphatic heterocycles. The van der Waals surface area contributed by atoms with Crippen LogP contribution in [0.1, 0.15) is 58.3 Å². The molecule has 1 atom stereocenters. The van der Waals surface area contributed by atoms with E-state index in [1.165, 1.54) is 64.5 Å². The van der Waals surface area contributed by atoms with Crippen molar-refractivity contribution in [1.29, 1.82) is 0 Å². The van der Waals surface area contributed by atoms with Crippen molar-refractivity contribution >= 4 is 15.9 Å². The summed E-state index contributed by atoms with van der Waals surface area (Å²) >= 11 is 3.72. The Bertz CT molecular complexity index is 138. The number of nitrogens with zero attached hydrogens (tertiary/aromatic N) is 1. The van der Waals surface area contributed by atoms with E-state index in [9.17, 15) is 0 Å². The molecule has 0 spiro atoms. The molecule has 84 valence electrons. The van der Waals surface area contributed by atoms with Gasteiger partial charge in [0.25, 0.3) is 0 Å². The standard InChI is InChI=1S/C12H24BrN/c1-2-3-4-5-6-7-10-14-11-8-9-12(14)13/h12H,2-11H2,1H3. The van der Waals surface area contributed by atoms with E-state index < -0.39 is 0 Å². The molecule has 0 amide bonds. The molecule has 1 unspecified atom stereocenters. The molecule has 1 saturated heterocycles. The van der Waals surface area contributed by atoms with E-state index in [4.69, 9.17) is 0 Å². The van der Waals surface area contributed by atoms with E-state index in [2.05, 4.69) is 27.8 Å². The number of hydrogen-bond donors (Lipinski definition) is 0. The molecule has 0 N–H and O–H groups in total. The van der Waals surface area contributed by atoms with Crippen LogP contribution in [0.2, 0.25) is 0 Å². The SMILES string of the molecule is CCCCCCCCN1CCCC1Br. The fourth-order valence-electron chi connectivity index (χ4n) is 2.13. The Morgan fingerprint density at radius 3 is 2.50 bits per heavy atom. The Hall–Kier alpha value is 0.440. The van der Waals surface area contributed by atoms with Crippen LogP contribution >= 0.6 is 15.9 Å². The summed E-state index contributed by atoms with van der Waals surface area (Å²) in [6.45, 7) is 4.90. The van der Waals surface area contributed by atoms with Crippen LogP contribution in [0.15, 0.2) is 0 Å². The van der Waals surface area contributed by atoms with Gasteiger partial charge in [0.15, 0.2) is 0 Å². The Morgan fingerprint density at radius 1 is 1.14 bits per heavy atom. The van der Waals surface area contributed by atoms with Crippen molar-refractivity contribution in [3.05, 3.63) is 0 Å². The van der Waals surface area contributed by atoms with Crippen molar-refractivity contribution < 1.29 is 0 Å². The van der Waals surface area contributed by atoms with Crippen molar-refractivity contribution in [3.8, 4) is 0 Å². The molecule has 0 aromatic carbocycles. The van der Waals surface area contributed by atoms with Gasteiger partial charge in [-0.05, 0) is 32.4 Å². The quantitative estimate of drug-likeness (QED) is 0.378. The second-order valence-electron chi connectivity index (χ2n) is 4.38. The lowest BCUT2D eigenvalue weighted by Crippen LogP contribution is -2.25. The van der Waals surface area contributed by atoms with Gasteiger partial charge in [0.1, 0.15) is 0 Å². The summed E-state index contributed by atoms with van der Waals surface area (Å²) in [5.74, 6) is 0. The number of hydrogen-bond acceptors (Lipinski definition) is 1. The first-order valence-electron chi connectivity index (χ1n) is 6.22. The van der Waals surface area contributed by atoms with Crippen LogP contribution in [0.25, 0.3) is 0 Å². The molecule has 1 aliphatic rings. The molecular weight excluding hydrogens is 238 g/mol. The van der Waals surface area contributed by atoms with Gasteiger partial charge in [-0.1, -0.05) is 55.0 Å². The van der Waals surface area contributed by atoms with Crippen molar-refractivity contribution in [2.24, 2.45) is 0 Å². The maximum atomic E-state index is 3.72. The number of unbranched alkanes of at least 4 members (excludes halogenated alkanes) is 5. The lowest BCUT2D eigenvalue weighted by Gasteiger charge is -2.19. The zero-order valence-corrected chi connectivity index (χ0v) is 11.1. The Balaban J connectivity index is 1.88. The van der Waals surface area contributed by atoms with Crippen LogP contribution in [0.5, 0.6) is 0 Å². The van der Waals surface area contributed by atoms with Gasteiger partial charge in [0, 0.05) is 0 Å². The summed E-state index contributed by atoms with van der Waals surface area (Å²) in [6, 6.07) is 0. The highest BCUT2D eigenvalue weighted by Gasteiger charge is 2.20. The summed E-state index contributed by atoms with van der Waals surface area (Å²) in [6.07, 6.45) is 11.2. The lowest BCUT2D eigenvalue weighted by molar-refractivity contribution is 0.311. The van der Waals surface area contributed by atoms with Crippen LogP contribution in [0.3, 0.4) is 0 Å². The predicted molar refractivity (Wildman–Crippen MR) is 66.9 cm³/mol. The molecule has 0 aromatic heterocycles. The summed E-state index contributed by atoms with van der Waals surface area (Å²) in [5, 5.41) is 0. The van der Waals surface area contributed by atoms with Gasteiger partial charge in [0.2, 0.25) is 0 Å². The zero-order chi connectivity index (χ0) is 10.2. The van der Waals surface area contributed by atoms with Gasteiger partial charge in [-0.15, -0.1) is 0 Å². The van der Waals surface area contributed by atoms with Crippen molar-refractivity contribution in [3.63, 3.8) is 0 Å². The maximum absolute atomic E-state index is 3.72. The van der Waals surface area contributed by atoms with E-state index in [1.807, 2.05) is 0 Å². The van der Waals surface area contributed by atoms with E-state index in [-0.39, 0.29) is 0 Å². The highest BCUT2D eigenvalue weighted by atomic mass is 79.9. The Labute approximate surface area is 97.4 Å². The Kier molecular flexibility index (Phi) is 6.88. The highest BCUT2D eigenvalue weighted by molar-refractivity contribution is 9.09. The third-order valence-electron chi connectivity index (χ3n) is 3.08. The first-order chi connectivity index (χ1) is 6.84. The summed E-state index contributed by atoms with van der Waals surface area (Å²) in [5.41, 5.74) is 0. The highest BCUT2D eigenvalue weighted by Crippen LogP contribution is 2.22. The van der Waals surface area contributed by atoms with Crippen LogP contribution in [-0.2, 0) is 0 Å². The molecule has 1 heterocycles. The lowest BCUT2D eigenvalue weighted by atomic mass is 10.1. The smallest absolute Gasteiger partial charge is 0.0656 e. The number of rotatable bonds is 7. The number of alkyl halides is 1. The van der Waals surface area contributed by atoms with Crippen molar-refractivity contribution in [2.45, 2.75) is 63.2 Å². The van der Waals surface area contributed by atoms with E-state index in [0.717, 1.165) is 0 Å². The van der Waals surface area contributed by atoms with Gasteiger partial charge < -0.3 is 0 Å². The molecule has 0 aliphatic carbocycles. The monoisotopic (exact) mass is 261 g/mol. The van der Waals surface area contributed by atoms with E-state index >= 15 is 0 Å². The summed E-state index contributed by atoms with van der Waals surface area (Å²) < 4.78 is 0. The molecule has 0 saturated carbocycles. The molecule has 1 rings (SSSR count). The molecule has 0 bridgehead atoms. The number of likely N-dealkylation sites (tertiary alicyclic amines) is 1. The van der Waals surface area contributed by atoms with Gasteiger partial charge in [0.05, 0.1) is 4.95 Å². The van der Waals surface area contributed by atoms with E-state index in [1.54, 1.807) is 0 Å². The van der Waals surface area contributed by atoms with Crippen LogP contribution in [-0.4, -0.2) is 22.9 Å². The third kappa shape index (κ3) is 4.79. The normalized spacial score (nSPS) is 23.1. The Morgan fingerprint density at radius 2 is 1.86 bits per heavy atom. The average molecular weight is 262 g/mol. The topological polar surface area (TPSA) is 3.24 Å². The molecule has 2 heteroatoms. The van der Waals surface area contributed by atoms with Gasteiger partial charge in [-0.25, -0.2) is 0 Å². The van der Waals surface area contributed by atoms with Gasteiger partial charge in [-0.2, -0.15) is 0 Å². The fourth-order valence-corrected chi connectivity index (χ4v) is 2.87. The van der Waals surface area contributed by atoms with Crippen LogP contribution in [0, 0.1) is 0 Å². The third-order valence-corrected chi connectivity index (χ3v) is 4.12. The van der Waals surface area contributed by atoms with Crippen LogP contribution in [0.4, 0.5) is 0 Å². The largest absolute Gasteiger partial charge is 0.291 e. The minimum Gasteiger partial charge on any atom is -0.291 e. The summed E-state index contributed by atoms with van der Waals surface area (Å²) in [7, 11) is 0. The number of halogens is 1. The maximum Gasteiger partial charge on any atom is 0.0656 e. The molecular formula is C12H24BrN. The van der Waals surface area contributed by atoms with Crippen molar-refractivity contribution in [1.82, 2.24) is 4.90 Å². The van der Waals surface area contributed by atoms with Crippen LogP contribution < -0.4 is 0 Å².